The van der Waals surface area contributed by atoms with Gasteiger partial charge in [-0.15, -0.1) is 0 Å². The second-order valence-electron chi connectivity index (χ2n) is 7.50. The van der Waals surface area contributed by atoms with E-state index in [1.54, 1.807) is 12.4 Å². The van der Waals surface area contributed by atoms with E-state index in [0.29, 0.717) is 31.7 Å². The number of rotatable bonds is 6. The topological polar surface area (TPSA) is 89.3 Å². The molecular weight excluding hydrogens is 380 g/mol. The molecule has 30 heavy (non-hydrogen) atoms. The first-order valence-corrected chi connectivity index (χ1v) is 10.3. The molecule has 7 heteroatoms. The summed E-state index contributed by atoms with van der Waals surface area (Å²) in [6, 6.07) is 11.6. The molecule has 1 aromatic carbocycles. The third-order valence-electron chi connectivity index (χ3n) is 5.43. The van der Waals surface area contributed by atoms with Crippen LogP contribution in [0, 0.1) is 0 Å². The van der Waals surface area contributed by atoms with Gasteiger partial charge in [0.15, 0.2) is 0 Å². The summed E-state index contributed by atoms with van der Waals surface area (Å²) in [6.45, 7) is 2.91. The molecule has 4 rings (SSSR count). The lowest BCUT2D eigenvalue weighted by Gasteiger charge is -2.28. The first-order chi connectivity index (χ1) is 14.6. The molecule has 0 unspecified atom stereocenters. The molecule has 0 aliphatic carbocycles. The SMILES string of the molecule is CCc1cnc(C(=O)N[C@H]2COCC[C@@H]2O)cc1Cc1ccc(-n2cccn2)cc1. The summed E-state index contributed by atoms with van der Waals surface area (Å²) >= 11 is 0. The summed E-state index contributed by atoms with van der Waals surface area (Å²) < 4.78 is 7.18. The lowest BCUT2D eigenvalue weighted by Crippen LogP contribution is -2.49. The van der Waals surface area contributed by atoms with Crippen molar-refractivity contribution in [2.45, 2.75) is 38.3 Å². The second kappa shape index (κ2) is 9.19. The number of aryl methyl sites for hydroxylation is 1. The van der Waals surface area contributed by atoms with E-state index in [1.807, 2.05) is 35.1 Å². The minimum absolute atomic E-state index is 0.289. The van der Waals surface area contributed by atoms with Crippen LogP contribution in [0.1, 0.15) is 40.5 Å². The molecule has 0 saturated carbocycles. The average Bonchev–Trinajstić information content (AvgIpc) is 3.31. The number of pyridine rings is 1. The fourth-order valence-electron chi connectivity index (χ4n) is 3.65. The Kier molecular flexibility index (Phi) is 6.21. The maximum Gasteiger partial charge on any atom is 0.270 e. The number of aliphatic hydroxyl groups is 1. The van der Waals surface area contributed by atoms with Gasteiger partial charge in [-0.05, 0) is 60.2 Å². The second-order valence-corrected chi connectivity index (χ2v) is 7.50. The Balaban J connectivity index is 1.50. The van der Waals surface area contributed by atoms with Crippen molar-refractivity contribution in [3.05, 3.63) is 77.4 Å². The van der Waals surface area contributed by atoms with Crippen LogP contribution in [-0.2, 0) is 17.6 Å². The Morgan fingerprint density at radius 3 is 2.83 bits per heavy atom. The van der Waals surface area contributed by atoms with Gasteiger partial charge in [0.1, 0.15) is 5.69 Å². The van der Waals surface area contributed by atoms with E-state index in [-0.39, 0.29) is 5.91 Å². The third-order valence-corrected chi connectivity index (χ3v) is 5.43. The van der Waals surface area contributed by atoms with E-state index in [0.717, 1.165) is 28.8 Å². The zero-order chi connectivity index (χ0) is 20.9. The van der Waals surface area contributed by atoms with Crippen molar-refractivity contribution in [3.63, 3.8) is 0 Å². The van der Waals surface area contributed by atoms with Crippen LogP contribution in [-0.4, -0.2) is 51.1 Å². The maximum absolute atomic E-state index is 12.7. The van der Waals surface area contributed by atoms with Crippen LogP contribution in [0.5, 0.6) is 0 Å². The minimum Gasteiger partial charge on any atom is -0.391 e. The van der Waals surface area contributed by atoms with Crippen molar-refractivity contribution in [3.8, 4) is 5.69 Å². The summed E-state index contributed by atoms with van der Waals surface area (Å²) in [7, 11) is 0. The number of hydrogen-bond donors (Lipinski definition) is 2. The monoisotopic (exact) mass is 406 g/mol. The van der Waals surface area contributed by atoms with Crippen molar-refractivity contribution in [1.82, 2.24) is 20.1 Å². The number of aromatic nitrogens is 3. The molecule has 3 aromatic rings. The fourth-order valence-corrected chi connectivity index (χ4v) is 3.65. The molecule has 0 spiro atoms. The zero-order valence-electron chi connectivity index (χ0n) is 17.0. The van der Waals surface area contributed by atoms with Gasteiger partial charge < -0.3 is 15.2 Å². The fraction of sp³-hybridized carbons (Fsp3) is 0.348. The van der Waals surface area contributed by atoms with Gasteiger partial charge in [-0.1, -0.05) is 19.1 Å². The van der Waals surface area contributed by atoms with Gasteiger partial charge >= 0.3 is 0 Å². The quantitative estimate of drug-likeness (QED) is 0.656. The number of benzene rings is 1. The van der Waals surface area contributed by atoms with Crippen molar-refractivity contribution in [1.29, 1.82) is 0 Å². The van der Waals surface area contributed by atoms with Crippen molar-refractivity contribution in [2.75, 3.05) is 13.2 Å². The number of amides is 1. The van der Waals surface area contributed by atoms with Gasteiger partial charge in [-0.25, -0.2) is 4.68 Å². The number of hydrogen-bond acceptors (Lipinski definition) is 5. The normalized spacial score (nSPS) is 18.9. The molecule has 2 atom stereocenters. The highest BCUT2D eigenvalue weighted by Gasteiger charge is 2.26. The van der Waals surface area contributed by atoms with E-state index in [9.17, 15) is 9.90 Å². The van der Waals surface area contributed by atoms with Crippen molar-refractivity contribution >= 4 is 5.91 Å². The molecule has 0 radical (unpaired) electrons. The van der Waals surface area contributed by atoms with E-state index in [1.165, 1.54) is 0 Å². The molecule has 156 valence electrons. The van der Waals surface area contributed by atoms with Gasteiger partial charge in [0.05, 0.1) is 24.4 Å². The Bertz CT molecular complexity index is 986. The summed E-state index contributed by atoms with van der Waals surface area (Å²) in [5.74, 6) is -0.289. The van der Waals surface area contributed by atoms with Crippen LogP contribution in [0.4, 0.5) is 0 Å². The van der Waals surface area contributed by atoms with E-state index in [4.69, 9.17) is 4.74 Å². The minimum atomic E-state index is -0.592. The average molecular weight is 406 g/mol. The van der Waals surface area contributed by atoms with Crippen LogP contribution in [0.25, 0.3) is 5.69 Å². The molecule has 2 N–H and O–H groups in total. The number of aliphatic hydroxyl groups excluding tert-OH is 1. The molecule has 1 amide bonds. The molecule has 3 heterocycles. The van der Waals surface area contributed by atoms with Gasteiger partial charge in [0.2, 0.25) is 0 Å². The van der Waals surface area contributed by atoms with E-state index >= 15 is 0 Å². The van der Waals surface area contributed by atoms with Crippen LogP contribution in [0.15, 0.2) is 55.0 Å². The first-order valence-electron chi connectivity index (χ1n) is 10.3. The largest absolute Gasteiger partial charge is 0.391 e. The molecular formula is C23H26N4O3. The van der Waals surface area contributed by atoms with Gasteiger partial charge in [-0.3, -0.25) is 9.78 Å². The summed E-state index contributed by atoms with van der Waals surface area (Å²) in [4.78, 5) is 17.0. The molecule has 1 fully saturated rings. The summed E-state index contributed by atoms with van der Waals surface area (Å²) in [5.41, 5.74) is 4.69. The van der Waals surface area contributed by atoms with Crippen LogP contribution in [0.2, 0.25) is 0 Å². The highest BCUT2D eigenvalue weighted by Crippen LogP contribution is 2.18. The van der Waals surface area contributed by atoms with Gasteiger partial charge in [0, 0.05) is 25.2 Å². The smallest absolute Gasteiger partial charge is 0.270 e. The molecule has 1 saturated heterocycles. The predicted octanol–water partition coefficient (Wildman–Crippen LogP) is 2.30. The van der Waals surface area contributed by atoms with E-state index < -0.39 is 12.1 Å². The van der Waals surface area contributed by atoms with E-state index in [2.05, 4.69) is 34.5 Å². The number of nitrogens with one attached hydrogen (secondary N) is 1. The zero-order valence-corrected chi connectivity index (χ0v) is 17.0. The van der Waals surface area contributed by atoms with Crippen molar-refractivity contribution < 1.29 is 14.6 Å². The number of nitrogens with zero attached hydrogens (tertiary/aromatic N) is 3. The maximum atomic E-state index is 12.7. The predicted molar refractivity (Wildman–Crippen MR) is 113 cm³/mol. The van der Waals surface area contributed by atoms with Crippen LogP contribution >= 0.6 is 0 Å². The standard InChI is InChI=1S/C23H26N4O3/c1-2-17-14-24-20(23(29)26-21-15-30-11-8-22(21)28)13-18(17)12-16-4-6-19(7-5-16)27-10-3-9-25-27/h3-7,9-10,13-14,21-22,28H,2,8,11-12,15H2,1H3,(H,26,29)/t21-,22-/m0/s1. The highest BCUT2D eigenvalue weighted by molar-refractivity contribution is 5.92. The molecule has 0 bridgehead atoms. The number of carbonyl (C=O) groups excluding carboxylic acids is 1. The summed E-state index contributed by atoms with van der Waals surface area (Å²) in [6.07, 6.45) is 6.91. The van der Waals surface area contributed by atoms with Crippen LogP contribution in [0.3, 0.4) is 0 Å². The van der Waals surface area contributed by atoms with Crippen molar-refractivity contribution in [2.24, 2.45) is 0 Å². The Hall–Kier alpha value is -3.03. The first kappa shape index (κ1) is 20.3. The lowest BCUT2D eigenvalue weighted by atomic mass is 9.98. The number of ether oxygens (including phenoxy) is 1. The molecule has 1 aliphatic rings. The molecule has 1 aliphatic heterocycles. The number of carbonyl (C=O) groups is 1. The Morgan fingerprint density at radius 1 is 1.30 bits per heavy atom. The van der Waals surface area contributed by atoms with Crippen LogP contribution < -0.4 is 5.32 Å². The van der Waals surface area contributed by atoms with Gasteiger partial charge in [0.25, 0.3) is 5.91 Å². The highest BCUT2D eigenvalue weighted by atomic mass is 16.5. The summed E-state index contributed by atoms with van der Waals surface area (Å²) in [5, 5.41) is 17.2. The molecule has 2 aromatic heterocycles. The van der Waals surface area contributed by atoms with Gasteiger partial charge in [-0.2, -0.15) is 5.10 Å². The lowest BCUT2D eigenvalue weighted by molar-refractivity contribution is -0.0140. The Labute approximate surface area is 175 Å². The Morgan fingerprint density at radius 2 is 2.13 bits per heavy atom. The molecule has 7 nitrogen and oxygen atoms in total. The third kappa shape index (κ3) is 4.58.